The summed E-state index contributed by atoms with van der Waals surface area (Å²) in [7, 11) is 0. The van der Waals surface area contributed by atoms with Crippen molar-refractivity contribution in [3.05, 3.63) is 35.4 Å². The number of benzene rings is 1. The Morgan fingerprint density at radius 1 is 1.21 bits per heavy atom. The third-order valence-electron chi connectivity index (χ3n) is 4.04. The molecule has 0 saturated carbocycles. The van der Waals surface area contributed by atoms with Gasteiger partial charge in [-0.05, 0) is 37.5 Å². The Morgan fingerprint density at radius 3 is 2.38 bits per heavy atom. The Balaban J connectivity index is 1.80. The normalized spacial score (nSPS) is 15.0. The number of amides is 2. The van der Waals surface area contributed by atoms with Crippen LogP contribution >= 0.6 is 0 Å². The molecule has 1 fully saturated rings. The summed E-state index contributed by atoms with van der Waals surface area (Å²) in [6.45, 7) is 3.33. The zero-order valence-electron chi connectivity index (χ0n) is 13.7. The van der Waals surface area contributed by atoms with Crippen LogP contribution in [0.4, 0.5) is 4.79 Å². The minimum Gasteiger partial charge on any atom is -0.481 e. The number of likely N-dealkylation sites (tertiary alicyclic amines) is 1. The summed E-state index contributed by atoms with van der Waals surface area (Å²) in [5, 5.41) is 11.8. The molecule has 2 N–H and O–H groups in total. The van der Waals surface area contributed by atoms with Gasteiger partial charge in [0.05, 0.1) is 18.1 Å². The molecule has 7 heteroatoms. The van der Waals surface area contributed by atoms with Gasteiger partial charge in [-0.25, -0.2) is 9.59 Å². The number of carbonyl (C=O) groups excluding carboxylic acids is 2. The van der Waals surface area contributed by atoms with Gasteiger partial charge in [0.15, 0.2) is 0 Å². The van der Waals surface area contributed by atoms with Crippen LogP contribution in [-0.4, -0.2) is 47.7 Å². The van der Waals surface area contributed by atoms with E-state index in [0.717, 1.165) is 5.56 Å². The molecular formula is C17H22N2O5. The zero-order valence-corrected chi connectivity index (χ0v) is 13.7. The van der Waals surface area contributed by atoms with E-state index in [1.807, 2.05) is 0 Å². The Hall–Kier alpha value is -2.57. The molecule has 0 aliphatic carbocycles. The molecule has 1 aromatic rings. The molecule has 0 atom stereocenters. The minimum absolute atomic E-state index is 0.201. The summed E-state index contributed by atoms with van der Waals surface area (Å²) in [5.41, 5.74) is 1.35. The highest BCUT2D eigenvalue weighted by atomic mass is 16.5. The molecular weight excluding hydrogens is 312 g/mol. The molecule has 7 nitrogen and oxygen atoms in total. The predicted molar refractivity (Wildman–Crippen MR) is 86.6 cm³/mol. The first-order valence-corrected chi connectivity index (χ1v) is 8.03. The van der Waals surface area contributed by atoms with Gasteiger partial charge < -0.3 is 20.1 Å². The average Bonchev–Trinajstić information content (AvgIpc) is 2.60. The van der Waals surface area contributed by atoms with Gasteiger partial charge in [0.25, 0.3) is 0 Å². The summed E-state index contributed by atoms with van der Waals surface area (Å²) in [6, 6.07) is 6.66. The molecule has 2 rings (SSSR count). The quantitative estimate of drug-likeness (QED) is 0.802. The molecule has 0 spiro atoms. The summed E-state index contributed by atoms with van der Waals surface area (Å²) >= 11 is 0. The fourth-order valence-corrected chi connectivity index (χ4v) is 2.59. The number of nitrogens with zero attached hydrogens (tertiary/aromatic N) is 1. The number of carbonyl (C=O) groups is 3. The lowest BCUT2D eigenvalue weighted by atomic mass is 9.97. The third kappa shape index (κ3) is 4.71. The van der Waals surface area contributed by atoms with Gasteiger partial charge in [0.1, 0.15) is 0 Å². The smallest absolute Gasteiger partial charge is 0.338 e. The summed E-state index contributed by atoms with van der Waals surface area (Å²) in [4.78, 5) is 36.2. The fraction of sp³-hybridized carbons (Fsp3) is 0.471. The number of hydrogen-bond acceptors (Lipinski definition) is 4. The van der Waals surface area contributed by atoms with Crippen molar-refractivity contribution in [1.29, 1.82) is 0 Å². The molecule has 0 bridgehead atoms. The largest absolute Gasteiger partial charge is 0.481 e. The molecule has 1 aliphatic heterocycles. The van der Waals surface area contributed by atoms with Crippen LogP contribution in [0.15, 0.2) is 24.3 Å². The van der Waals surface area contributed by atoms with Gasteiger partial charge in [-0.2, -0.15) is 0 Å². The minimum atomic E-state index is -0.795. The standard InChI is InChI=1S/C17H22N2O5/c1-2-24-16(22)14-5-3-12(4-6-14)11-18-17(23)19-9-7-13(8-10-19)15(20)21/h3-6,13H,2,7-11H2,1H3,(H,18,23)(H,20,21). The first-order valence-electron chi connectivity index (χ1n) is 8.03. The second-order valence-corrected chi connectivity index (χ2v) is 5.68. The van der Waals surface area contributed by atoms with Crippen molar-refractivity contribution in [3.63, 3.8) is 0 Å². The van der Waals surface area contributed by atoms with Gasteiger partial charge in [-0.1, -0.05) is 12.1 Å². The van der Waals surface area contributed by atoms with Crippen LogP contribution in [-0.2, 0) is 16.1 Å². The van der Waals surface area contributed by atoms with Gasteiger partial charge in [0.2, 0.25) is 0 Å². The number of esters is 1. The van der Waals surface area contributed by atoms with E-state index in [1.54, 1.807) is 36.1 Å². The first-order chi connectivity index (χ1) is 11.5. The SMILES string of the molecule is CCOC(=O)c1ccc(CNC(=O)N2CCC(C(=O)O)CC2)cc1. The van der Waals surface area contributed by atoms with E-state index in [2.05, 4.69) is 5.32 Å². The van der Waals surface area contributed by atoms with Crippen molar-refractivity contribution in [2.75, 3.05) is 19.7 Å². The molecule has 1 saturated heterocycles. The number of ether oxygens (including phenoxy) is 1. The van der Waals surface area contributed by atoms with Crippen molar-refractivity contribution < 1.29 is 24.2 Å². The fourth-order valence-electron chi connectivity index (χ4n) is 2.59. The number of rotatable bonds is 5. The van der Waals surface area contributed by atoms with Crippen molar-refractivity contribution in [1.82, 2.24) is 10.2 Å². The van der Waals surface area contributed by atoms with Crippen LogP contribution in [0.25, 0.3) is 0 Å². The van der Waals surface area contributed by atoms with Crippen LogP contribution < -0.4 is 5.32 Å². The van der Waals surface area contributed by atoms with Crippen molar-refractivity contribution in [2.24, 2.45) is 5.92 Å². The maximum absolute atomic E-state index is 12.1. The average molecular weight is 334 g/mol. The summed E-state index contributed by atoms with van der Waals surface area (Å²) in [5.74, 6) is -1.52. The van der Waals surface area contributed by atoms with Crippen LogP contribution in [0, 0.1) is 5.92 Å². The number of piperidine rings is 1. The monoisotopic (exact) mass is 334 g/mol. The topological polar surface area (TPSA) is 95.9 Å². The Morgan fingerprint density at radius 2 is 1.83 bits per heavy atom. The number of urea groups is 1. The van der Waals surface area contributed by atoms with Crippen molar-refractivity contribution in [3.8, 4) is 0 Å². The molecule has 130 valence electrons. The Labute approximate surface area is 140 Å². The number of nitrogens with one attached hydrogen (secondary N) is 1. The van der Waals surface area contributed by atoms with Crippen LogP contribution in [0.2, 0.25) is 0 Å². The van der Waals surface area contributed by atoms with Gasteiger partial charge in [-0.3, -0.25) is 4.79 Å². The van der Waals surface area contributed by atoms with Gasteiger partial charge in [0, 0.05) is 19.6 Å². The first kappa shape index (κ1) is 17.8. The number of hydrogen-bond donors (Lipinski definition) is 2. The number of carboxylic acid groups (broad SMARTS) is 1. The molecule has 0 unspecified atom stereocenters. The molecule has 24 heavy (non-hydrogen) atoms. The Bertz CT molecular complexity index is 592. The zero-order chi connectivity index (χ0) is 17.5. The van der Waals surface area contributed by atoms with Crippen molar-refractivity contribution >= 4 is 18.0 Å². The molecule has 2 amide bonds. The molecule has 1 aromatic carbocycles. The van der Waals surface area contributed by atoms with E-state index in [0.29, 0.717) is 44.6 Å². The van der Waals surface area contributed by atoms with E-state index in [-0.39, 0.29) is 17.9 Å². The van der Waals surface area contributed by atoms with Crippen LogP contribution in [0.3, 0.4) is 0 Å². The Kier molecular flexibility index (Phi) is 6.17. The summed E-state index contributed by atoms with van der Waals surface area (Å²) in [6.07, 6.45) is 0.966. The van der Waals surface area contributed by atoms with Gasteiger partial charge >= 0.3 is 18.0 Å². The van der Waals surface area contributed by atoms with Crippen LogP contribution in [0.1, 0.15) is 35.7 Å². The summed E-state index contributed by atoms with van der Waals surface area (Å²) < 4.78 is 4.91. The number of carboxylic acids is 1. The molecule has 1 aliphatic rings. The van der Waals surface area contributed by atoms with E-state index < -0.39 is 5.97 Å². The maximum Gasteiger partial charge on any atom is 0.338 e. The van der Waals surface area contributed by atoms with E-state index >= 15 is 0 Å². The highest BCUT2D eigenvalue weighted by molar-refractivity contribution is 5.89. The highest BCUT2D eigenvalue weighted by Gasteiger charge is 2.26. The second-order valence-electron chi connectivity index (χ2n) is 5.68. The molecule has 0 radical (unpaired) electrons. The van der Waals surface area contributed by atoms with E-state index in [4.69, 9.17) is 9.84 Å². The third-order valence-corrected chi connectivity index (χ3v) is 4.04. The van der Waals surface area contributed by atoms with Crippen LogP contribution in [0.5, 0.6) is 0 Å². The highest BCUT2D eigenvalue weighted by Crippen LogP contribution is 2.17. The van der Waals surface area contributed by atoms with Crippen molar-refractivity contribution in [2.45, 2.75) is 26.3 Å². The second kappa shape index (κ2) is 8.33. The lowest BCUT2D eigenvalue weighted by molar-refractivity contribution is -0.143. The maximum atomic E-state index is 12.1. The van der Waals surface area contributed by atoms with E-state index in [1.165, 1.54) is 0 Å². The lowest BCUT2D eigenvalue weighted by Gasteiger charge is -2.30. The molecule has 0 aromatic heterocycles. The number of aliphatic carboxylic acids is 1. The lowest BCUT2D eigenvalue weighted by Crippen LogP contribution is -2.45. The van der Waals surface area contributed by atoms with Gasteiger partial charge in [-0.15, -0.1) is 0 Å². The molecule has 1 heterocycles. The predicted octanol–water partition coefficient (Wildman–Crippen LogP) is 1.87. The van der Waals surface area contributed by atoms with E-state index in [9.17, 15) is 14.4 Å².